The molecule has 0 aliphatic carbocycles. The number of nitrogens with zero attached hydrogens (tertiary/aromatic N) is 1. The third-order valence-electron chi connectivity index (χ3n) is 4.27. The van der Waals surface area contributed by atoms with E-state index in [2.05, 4.69) is 5.32 Å². The van der Waals surface area contributed by atoms with Gasteiger partial charge in [0.15, 0.2) is 0 Å². The lowest BCUT2D eigenvalue weighted by atomic mass is 9.94. The summed E-state index contributed by atoms with van der Waals surface area (Å²) in [5, 5.41) is 13.7. The second kappa shape index (κ2) is 7.90. The van der Waals surface area contributed by atoms with Crippen LogP contribution in [0.1, 0.15) is 32.3 Å². The smallest absolute Gasteiger partial charge is 0.409 e. The predicted octanol–water partition coefficient (Wildman–Crippen LogP) is 2.38. The van der Waals surface area contributed by atoms with Gasteiger partial charge in [-0.2, -0.15) is 0 Å². The van der Waals surface area contributed by atoms with Gasteiger partial charge < -0.3 is 20.1 Å². The number of hydrogen-bond acceptors (Lipinski definition) is 4. The van der Waals surface area contributed by atoms with Crippen molar-refractivity contribution >= 4 is 6.09 Å². The molecule has 1 saturated heterocycles. The Morgan fingerprint density at radius 1 is 1.42 bits per heavy atom. The highest BCUT2D eigenvalue weighted by atomic mass is 19.1. The van der Waals surface area contributed by atoms with E-state index in [4.69, 9.17) is 4.74 Å². The molecule has 24 heavy (non-hydrogen) atoms. The first-order valence-corrected chi connectivity index (χ1v) is 8.16. The van der Waals surface area contributed by atoms with Crippen molar-refractivity contribution in [2.24, 2.45) is 0 Å². The van der Waals surface area contributed by atoms with Gasteiger partial charge in [-0.3, -0.25) is 0 Å². The second-order valence-electron chi connectivity index (χ2n) is 6.24. The van der Waals surface area contributed by atoms with Crippen LogP contribution in [0.5, 0.6) is 0 Å². The molecule has 0 bridgehead atoms. The highest BCUT2D eigenvalue weighted by Gasteiger charge is 2.29. The number of hydrogen-bond donors (Lipinski definition) is 2. The standard InChI is InChI=1S/C17H24F2N2O3/c1-3-24-16(22)21-8-6-13(7-9-21)20-11-17(2,23)14-5-4-12(18)10-15(14)19/h4-5,10,13,20,23H,3,6-9,11H2,1-2H3/t17-/m1/s1. The Bertz CT molecular complexity index is 573. The summed E-state index contributed by atoms with van der Waals surface area (Å²) >= 11 is 0. The van der Waals surface area contributed by atoms with Gasteiger partial charge in [-0.15, -0.1) is 0 Å². The Morgan fingerprint density at radius 2 is 2.08 bits per heavy atom. The molecule has 1 amide bonds. The van der Waals surface area contributed by atoms with Crippen LogP contribution < -0.4 is 5.32 Å². The number of amides is 1. The third-order valence-corrected chi connectivity index (χ3v) is 4.27. The molecule has 7 heteroatoms. The van der Waals surface area contributed by atoms with Crippen LogP contribution in [0.15, 0.2) is 18.2 Å². The van der Waals surface area contributed by atoms with Crippen LogP contribution in [-0.2, 0) is 10.3 Å². The van der Waals surface area contributed by atoms with Crippen molar-refractivity contribution in [3.8, 4) is 0 Å². The Morgan fingerprint density at radius 3 is 2.67 bits per heavy atom. The SMILES string of the molecule is CCOC(=O)N1CCC(NC[C@@](C)(O)c2ccc(F)cc2F)CC1. The maximum absolute atomic E-state index is 13.8. The van der Waals surface area contributed by atoms with Crippen molar-refractivity contribution < 1.29 is 23.4 Å². The van der Waals surface area contributed by atoms with Crippen LogP contribution in [0.25, 0.3) is 0 Å². The zero-order valence-electron chi connectivity index (χ0n) is 14.0. The van der Waals surface area contributed by atoms with E-state index in [0.717, 1.165) is 25.0 Å². The molecule has 0 unspecified atom stereocenters. The molecular weight excluding hydrogens is 318 g/mol. The second-order valence-corrected chi connectivity index (χ2v) is 6.24. The van der Waals surface area contributed by atoms with E-state index >= 15 is 0 Å². The number of carbonyl (C=O) groups is 1. The average molecular weight is 342 g/mol. The van der Waals surface area contributed by atoms with Crippen LogP contribution >= 0.6 is 0 Å². The Hall–Kier alpha value is -1.73. The first-order valence-electron chi connectivity index (χ1n) is 8.16. The summed E-state index contributed by atoms with van der Waals surface area (Å²) in [6.45, 7) is 4.89. The molecule has 1 aliphatic rings. The predicted molar refractivity (Wildman–Crippen MR) is 85.5 cm³/mol. The molecule has 2 N–H and O–H groups in total. The van der Waals surface area contributed by atoms with E-state index in [0.29, 0.717) is 19.7 Å². The summed E-state index contributed by atoms with van der Waals surface area (Å²) < 4.78 is 31.8. The summed E-state index contributed by atoms with van der Waals surface area (Å²) in [5.74, 6) is -1.44. The van der Waals surface area contributed by atoms with Gasteiger partial charge in [0.25, 0.3) is 0 Å². The monoisotopic (exact) mass is 342 g/mol. The first-order chi connectivity index (χ1) is 11.3. The molecule has 0 aromatic heterocycles. The molecule has 134 valence electrons. The number of benzene rings is 1. The Kier molecular flexibility index (Phi) is 6.12. The molecule has 1 aromatic carbocycles. The largest absolute Gasteiger partial charge is 0.450 e. The van der Waals surface area contributed by atoms with Crippen molar-refractivity contribution in [3.05, 3.63) is 35.4 Å². The molecule has 1 heterocycles. The highest BCUT2D eigenvalue weighted by molar-refractivity contribution is 5.67. The van der Waals surface area contributed by atoms with Crippen LogP contribution in [0.4, 0.5) is 13.6 Å². The molecule has 2 rings (SSSR count). The molecule has 1 fully saturated rings. The van der Waals surface area contributed by atoms with E-state index < -0.39 is 17.2 Å². The molecule has 1 atom stereocenters. The zero-order chi connectivity index (χ0) is 17.7. The number of halogens is 2. The fourth-order valence-corrected chi connectivity index (χ4v) is 2.85. The van der Waals surface area contributed by atoms with E-state index in [1.807, 2.05) is 0 Å². The number of rotatable bonds is 5. The van der Waals surface area contributed by atoms with Crippen molar-refractivity contribution in [2.45, 2.75) is 38.3 Å². The van der Waals surface area contributed by atoms with E-state index in [1.54, 1.807) is 11.8 Å². The number of carbonyl (C=O) groups excluding carboxylic acids is 1. The van der Waals surface area contributed by atoms with Gasteiger partial charge >= 0.3 is 6.09 Å². The summed E-state index contributed by atoms with van der Waals surface area (Å²) in [7, 11) is 0. The minimum absolute atomic E-state index is 0.0559. The van der Waals surface area contributed by atoms with Gasteiger partial charge in [-0.1, -0.05) is 6.07 Å². The number of piperidine rings is 1. The maximum atomic E-state index is 13.8. The van der Waals surface area contributed by atoms with Crippen molar-refractivity contribution in [2.75, 3.05) is 26.2 Å². The van der Waals surface area contributed by atoms with Crippen molar-refractivity contribution in [1.29, 1.82) is 0 Å². The fraction of sp³-hybridized carbons (Fsp3) is 0.588. The fourth-order valence-electron chi connectivity index (χ4n) is 2.85. The van der Waals surface area contributed by atoms with Gasteiger partial charge in [-0.05, 0) is 32.8 Å². The molecule has 1 aromatic rings. The minimum Gasteiger partial charge on any atom is -0.450 e. The topological polar surface area (TPSA) is 61.8 Å². The average Bonchev–Trinajstić information content (AvgIpc) is 2.53. The summed E-state index contributed by atoms with van der Waals surface area (Å²) in [6.07, 6.45) is 1.14. The lowest BCUT2D eigenvalue weighted by Gasteiger charge is -2.34. The van der Waals surface area contributed by atoms with Crippen molar-refractivity contribution in [1.82, 2.24) is 10.2 Å². The number of ether oxygens (including phenoxy) is 1. The normalized spacial score (nSPS) is 18.3. The molecule has 5 nitrogen and oxygen atoms in total. The first kappa shape index (κ1) is 18.6. The Balaban J connectivity index is 1.86. The van der Waals surface area contributed by atoms with E-state index in [1.165, 1.54) is 13.0 Å². The van der Waals surface area contributed by atoms with Gasteiger partial charge in [0, 0.05) is 37.3 Å². The molecule has 0 saturated carbocycles. The summed E-state index contributed by atoms with van der Waals surface area (Å²) in [5.41, 5.74) is -1.39. The molecule has 0 radical (unpaired) electrons. The van der Waals surface area contributed by atoms with Crippen LogP contribution in [-0.4, -0.2) is 48.4 Å². The van der Waals surface area contributed by atoms with E-state index in [-0.39, 0.29) is 24.2 Å². The quantitative estimate of drug-likeness (QED) is 0.862. The van der Waals surface area contributed by atoms with Gasteiger partial charge in [0.05, 0.1) is 6.61 Å². The lowest BCUT2D eigenvalue weighted by molar-refractivity contribution is 0.0453. The molecular formula is C17H24F2N2O3. The van der Waals surface area contributed by atoms with E-state index in [9.17, 15) is 18.7 Å². The molecule has 1 aliphatic heterocycles. The van der Waals surface area contributed by atoms with Crippen LogP contribution in [0, 0.1) is 11.6 Å². The van der Waals surface area contributed by atoms with Gasteiger partial charge in [0.1, 0.15) is 17.2 Å². The van der Waals surface area contributed by atoms with Crippen molar-refractivity contribution in [3.63, 3.8) is 0 Å². The lowest BCUT2D eigenvalue weighted by Crippen LogP contribution is -2.48. The minimum atomic E-state index is -1.45. The molecule has 0 spiro atoms. The van der Waals surface area contributed by atoms with Crippen LogP contribution in [0.3, 0.4) is 0 Å². The zero-order valence-corrected chi connectivity index (χ0v) is 14.0. The number of likely N-dealkylation sites (tertiary alicyclic amines) is 1. The summed E-state index contributed by atoms with van der Waals surface area (Å²) in [6, 6.07) is 3.27. The number of nitrogens with one attached hydrogen (secondary N) is 1. The summed E-state index contributed by atoms with van der Waals surface area (Å²) in [4.78, 5) is 13.3. The third kappa shape index (κ3) is 4.64. The maximum Gasteiger partial charge on any atom is 0.409 e. The highest BCUT2D eigenvalue weighted by Crippen LogP contribution is 2.24. The number of aliphatic hydroxyl groups is 1. The van der Waals surface area contributed by atoms with Gasteiger partial charge in [-0.25, -0.2) is 13.6 Å². The Labute approximate surface area is 140 Å². The van der Waals surface area contributed by atoms with Gasteiger partial charge in [0.2, 0.25) is 0 Å². The van der Waals surface area contributed by atoms with Crippen LogP contribution in [0.2, 0.25) is 0 Å².